The predicted octanol–water partition coefficient (Wildman–Crippen LogP) is 1.79. The number of para-hydroxylation sites is 1. The summed E-state index contributed by atoms with van der Waals surface area (Å²) in [5.41, 5.74) is 6.06. The van der Waals surface area contributed by atoms with Crippen molar-refractivity contribution in [3.63, 3.8) is 0 Å². The SMILES string of the molecule is NCc1ccnc(COc2c(F)cccc2F)n1. The van der Waals surface area contributed by atoms with Gasteiger partial charge in [0.2, 0.25) is 0 Å². The van der Waals surface area contributed by atoms with E-state index in [-0.39, 0.29) is 13.2 Å². The van der Waals surface area contributed by atoms with E-state index in [1.807, 2.05) is 0 Å². The third kappa shape index (κ3) is 2.78. The van der Waals surface area contributed by atoms with Crippen LogP contribution in [0.4, 0.5) is 8.78 Å². The summed E-state index contributed by atoms with van der Waals surface area (Å²) in [6, 6.07) is 5.17. The maximum Gasteiger partial charge on any atom is 0.191 e. The van der Waals surface area contributed by atoms with Gasteiger partial charge >= 0.3 is 0 Å². The van der Waals surface area contributed by atoms with E-state index >= 15 is 0 Å². The minimum atomic E-state index is -0.759. The van der Waals surface area contributed by atoms with E-state index < -0.39 is 17.4 Å². The van der Waals surface area contributed by atoms with E-state index in [1.165, 1.54) is 12.3 Å². The van der Waals surface area contributed by atoms with Crippen LogP contribution in [0.3, 0.4) is 0 Å². The molecule has 94 valence electrons. The molecule has 2 aromatic rings. The highest BCUT2D eigenvalue weighted by Crippen LogP contribution is 2.21. The Kier molecular flexibility index (Phi) is 3.78. The van der Waals surface area contributed by atoms with E-state index in [0.29, 0.717) is 11.5 Å². The van der Waals surface area contributed by atoms with Crippen molar-refractivity contribution in [2.75, 3.05) is 0 Å². The first kappa shape index (κ1) is 12.4. The van der Waals surface area contributed by atoms with Crippen molar-refractivity contribution < 1.29 is 13.5 Å². The first-order chi connectivity index (χ1) is 8.70. The summed E-state index contributed by atoms with van der Waals surface area (Å²) in [5.74, 6) is -1.63. The fourth-order valence-electron chi connectivity index (χ4n) is 1.38. The molecule has 0 bridgehead atoms. The van der Waals surface area contributed by atoms with Gasteiger partial charge in [-0.05, 0) is 18.2 Å². The molecule has 0 aliphatic heterocycles. The van der Waals surface area contributed by atoms with Crippen LogP contribution in [-0.4, -0.2) is 9.97 Å². The highest BCUT2D eigenvalue weighted by molar-refractivity contribution is 5.26. The molecule has 2 rings (SSSR count). The van der Waals surface area contributed by atoms with Gasteiger partial charge in [0.05, 0.1) is 5.69 Å². The second-order valence-electron chi connectivity index (χ2n) is 3.51. The fraction of sp³-hybridized carbons (Fsp3) is 0.167. The van der Waals surface area contributed by atoms with Crippen LogP contribution in [-0.2, 0) is 13.2 Å². The molecule has 4 nitrogen and oxygen atoms in total. The predicted molar refractivity (Wildman–Crippen MR) is 60.6 cm³/mol. The lowest BCUT2D eigenvalue weighted by Gasteiger charge is -2.07. The first-order valence-electron chi connectivity index (χ1n) is 5.28. The van der Waals surface area contributed by atoms with Gasteiger partial charge in [0.25, 0.3) is 0 Å². The molecule has 1 heterocycles. The molecule has 1 aromatic carbocycles. The number of aromatic nitrogens is 2. The maximum atomic E-state index is 13.3. The van der Waals surface area contributed by atoms with Crippen molar-refractivity contribution >= 4 is 0 Å². The molecule has 0 fully saturated rings. The minimum absolute atomic E-state index is 0.119. The van der Waals surface area contributed by atoms with E-state index in [0.717, 1.165) is 12.1 Å². The van der Waals surface area contributed by atoms with Gasteiger partial charge in [-0.2, -0.15) is 0 Å². The van der Waals surface area contributed by atoms with Crippen LogP contribution < -0.4 is 10.5 Å². The smallest absolute Gasteiger partial charge is 0.191 e. The lowest BCUT2D eigenvalue weighted by atomic mass is 10.3. The average Bonchev–Trinajstić information content (AvgIpc) is 2.38. The summed E-state index contributed by atoms with van der Waals surface area (Å²) < 4.78 is 31.6. The molecule has 2 N–H and O–H groups in total. The summed E-state index contributed by atoms with van der Waals surface area (Å²) in [5, 5.41) is 0. The highest BCUT2D eigenvalue weighted by atomic mass is 19.1. The summed E-state index contributed by atoms with van der Waals surface area (Å²) in [6.45, 7) is 0.148. The van der Waals surface area contributed by atoms with Crippen molar-refractivity contribution in [2.45, 2.75) is 13.2 Å². The van der Waals surface area contributed by atoms with E-state index in [1.54, 1.807) is 6.07 Å². The molecule has 0 atom stereocenters. The molecule has 6 heteroatoms. The number of ether oxygens (including phenoxy) is 1. The van der Waals surface area contributed by atoms with Crippen LogP contribution in [0, 0.1) is 11.6 Å². The number of hydrogen-bond acceptors (Lipinski definition) is 4. The highest BCUT2D eigenvalue weighted by Gasteiger charge is 2.10. The van der Waals surface area contributed by atoms with Crippen LogP contribution in [0.5, 0.6) is 5.75 Å². The number of rotatable bonds is 4. The van der Waals surface area contributed by atoms with E-state index in [4.69, 9.17) is 10.5 Å². The summed E-state index contributed by atoms with van der Waals surface area (Å²) in [6.07, 6.45) is 1.52. The lowest BCUT2D eigenvalue weighted by molar-refractivity contribution is 0.265. The lowest BCUT2D eigenvalue weighted by Crippen LogP contribution is -2.07. The molecule has 0 spiro atoms. The van der Waals surface area contributed by atoms with Crippen LogP contribution in [0.25, 0.3) is 0 Å². The Morgan fingerprint density at radius 2 is 1.89 bits per heavy atom. The van der Waals surface area contributed by atoms with E-state index in [9.17, 15) is 8.78 Å². The topological polar surface area (TPSA) is 61.0 Å². The van der Waals surface area contributed by atoms with Gasteiger partial charge < -0.3 is 10.5 Å². The third-order valence-electron chi connectivity index (χ3n) is 2.24. The van der Waals surface area contributed by atoms with Crippen molar-refractivity contribution in [1.82, 2.24) is 9.97 Å². The van der Waals surface area contributed by atoms with Crippen molar-refractivity contribution in [1.29, 1.82) is 0 Å². The van der Waals surface area contributed by atoms with Gasteiger partial charge in [-0.25, -0.2) is 18.7 Å². The number of nitrogens with two attached hydrogens (primary N) is 1. The summed E-state index contributed by atoms with van der Waals surface area (Å²) in [7, 11) is 0. The zero-order valence-electron chi connectivity index (χ0n) is 9.44. The molecule has 1 aromatic heterocycles. The summed E-state index contributed by atoms with van der Waals surface area (Å²) >= 11 is 0. The fourth-order valence-corrected chi connectivity index (χ4v) is 1.38. The molecule has 0 unspecified atom stereocenters. The monoisotopic (exact) mass is 251 g/mol. The maximum absolute atomic E-state index is 13.3. The van der Waals surface area contributed by atoms with Crippen LogP contribution in [0.1, 0.15) is 11.5 Å². The average molecular weight is 251 g/mol. The van der Waals surface area contributed by atoms with Crippen molar-refractivity contribution in [2.24, 2.45) is 5.73 Å². The molecule has 0 saturated heterocycles. The Morgan fingerprint density at radius 3 is 2.56 bits per heavy atom. The second-order valence-corrected chi connectivity index (χ2v) is 3.51. The first-order valence-corrected chi connectivity index (χ1v) is 5.28. The Bertz CT molecular complexity index is 528. The van der Waals surface area contributed by atoms with Gasteiger partial charge in [0, 0.05) is 12.7 Å². The van der Waals surface area contributed by atoms with Gasteiger partial charge in [-0.3, -0.25) is 0 Å². The van der Waals surface area contributed by atoms with Crippen molar-refractivity contribution in [3.8, 4) is 5.75 Å². The van der Waals surface area contributed by atoms with Gasteiger partial charge in [0.15, 0.2) is 23.2 Å². The zero-order valence-corrected chi connectivity index (χ0v) is 9.44. The number of hydrogen-bond donors (Lipinski definition) is 1. The van der Waals surface area contributed by atoms with Crippen molar-refractivity contribution in [3.05, 3.63) is 53.6 Å². The molecule has 0 amide bonds. The summed E-state index contributed by atoms with van der Waals surface area (Å²) in [4.78, 5) is 7.98. The quantitative estimate of drug-likeness (QED) is 0.900. The molecule has 0 saturated carbocycles. The molecule has 0 aliphatic rings. The van der Waals surface area contributed by atoms with Crippen LogP contribution in [0.2, 0.25) is 0 Å². The van der Waals surface area contributed by atoms with Gasteiger partial charge in [0.1, 0.15) is 6.61 Å². The Morgan fingerprint density at radius 1 is 1.17 bits per heavy atom. The Balaban J connectivity index is 2.11. The number of halogens is 2. The molecule has 0 aliphatic carbocycles. The molecule has 18 heavy (non-hydrogen) atoms. The number of benzene rings is 1. The molecular formula is C12H11F2N3O. The molecular weight excluding hydrogens is 240 g/mol. The standard InChI is InChI=1S/C12H11F2N3O/c13-9-2-1-3-10(14)12(9)18-7-11-16-5-4-8(6-15)17-11/h1-5H,6-7,15H2. The Labute approximate surface area is 102 Å². The van der Waals surface area contributed by atoms with Crippen LogP contribution >= 0.6 is 0 Å². The zero-order chi connectivity index (χ0) is 13.0. The second kappa shape index (κ2) is 5.50. The van der Waals surface area contributed by atoms with Gasteiger partial charge in [-0.1, -0.05) is 6.07 Å². The number of nitrogens with zero attached hydrogens (tertiary/aromatic N) is 2. The van der Waals surface area contributed by atoms with Crippen LogP contribution in [0.15, 0.2) is 30.5 Å². The Hall–Kier alpha value is -2.08. The minimum Gasteiger partial charge on any atom is -0.479 e. The van der Waals surface area contributed by atoms with E-state index in [2.05, 4.69) is 9.97 Å². The van der Waals surface area contributed by atoms with Gasteiger partial charge in [-0.15, -0.1) is 0 Å². The molecule has 0 radical (unpaired) electrons. The normalized spacial score (nSPS) is 10.4. The largest absolute Gasteiger partial charge is 0.479 e. The third-order valence-corrected chi connectivity index (χ3v) is 2.24.